The van der Waals surface area contributed by atoms with Crippen LogP contribution in [0.15, 0.2) is 30.3 Å². The molecule has 1 atom stereocenters. The summed E-state index contributed by atoms with van der Waals surface area (Å²) in [7, 11) is 2.16. The predicted molar refractivity (Wildman–Crippen MR) is 120 cm³/mol. The molecule has 152 valence electrons. The van der Waals surface area contributed by atoms with Crippen molar-refractivity contribution in [3.63, 3.8) is 0 Å². The van der Waals surface area contributed by atoms with Gasteiger partial charge in [-0.3, -0.25) is 0 Å². The van der Waals surface area contributed by atoms with Crippen LogP contribution in [0.1, 0.15) is 41.2 Å². The number of rotatable bonds is 7. The molecule has 0 spiro atoms. The topological polar surface area (TPSA) is 21.7 Å². The molecule has 0 radical (unpaired) electrons. The quantitative estimate of drug-likeness (QED) is 0.517. The minimum atomic E-state index is -0.153. The van der Waals surface area contributed by atoms with Crippen molar-refractivity contribution in [2.75, 3.05) is 25.5 Å². The number of fused-ring (bicyclic) bond motifs is 1. The smallest absolute Gasteiger partial charge is 0.127 e. The average molecular weight is 446 g/mol. The van der Waals surface area contributed by atoms with E-state index in [2.05, 4.69) is 79.8 Å². The molecule has 0 N–H and O–H groups in total. The minimum Gasteiger partial charge on any atom is -0.488 e. The Morgan fingerprint density at radius 3 is 2.50 bits per heavy atom. The van der Waals surface area contributed by atoms with Gasteiger partial charge in [-0.2, -0.15) is 0 Å². The first-order valence-corrected chi connectivity index (χ1v) is 11.2. The van der Waals surface area contributed by atoms with Gasteiger partial charge in [-0.15, -0.1) is 0 Å². The van der Waals surface area contributed by atoms with Crippen LogP contribution in [-0.4, -0.2) is 36.0 Å². The third-order valence-electron chi connectivity index (χ3n) is 5.86. The standard InChI is InChI=1S/C24H32BrNO2/c1-17-18(2)23-21(11-12-24(4,28-23)16-26(5)14-13-25)19(3)22(17)27-15-20-9-7-6-8-10-20/h6-10H,11-16H2,1-5H3. The van der Waals surface area contributed by atoms with Gasteiger partial charge < -0.3 is 14.4 Å². The fourth-order valence-corrected chi connectivity index (χ4v) is 4.74. The Hall–Kier alpha value is -1.52. The Bertz CT molecular complexity index is 821. The molecule has 1 heterocycles. The Balaban J connectivity index is 1.84. The molecule has 3 nitrogen and oxygen atoms in total. The van der Waals surface area contributed by atoms with Crippen molar-refractivity contribution in [1.29, 1.82) is 0 Å². The molecule has 0 fully saturated rings. The fourth-order valence-electron chi connectivity index (χ4n) is 4.13. The molecule has 1 aliphatic rings. The molecule has 1 unspecified atom stereocenters. The number of nitrogens with zero attached hydrogens (tertiary/aromatic N) is 1. The molecule has 4 heteroatoms. The van der Waals surface area contributed by atoms with Gasteiger partial charge in [0.1, 0.15) is 23.7 Å². The van der Waals surface area contributed by atoms with E-state index in [0.717, 1.165) is 42.8 Å². The highest BCUT2D eigenvalue weighted by atomic mass is 79.9. The summed E-state index contributed by atoms with van der Waals surface area (Å²) in [5.74, 6) is 2.09. The molecule has 2 aromatic rings. The van der Waals surface area contributed by atoms with Crippen LogP contribution in [0.25, 0.3) is 0 Å². The van der Waals surface area contributed by atoms with Crippen molar-refractivity contribution in [2.24, 2.45) is 0 Å². The second-order valence-electron chi connectivity index (χ2n) is 8.26. The molecule has 3 rings (SSSR count). The zero-order chi connectivity index (χ0) is 20.3. The van der Waals surface area contributed by atoms with Gasteiger partial charge in [0, 0.05) is 24.0 Å². The van der Waals surface area contributed by atoms with E-state index in [0.29, 0.717) is 6.61 Å². The summed E-state index contributed by atoms with van der Waals surface area (Å²) in [5.41, 5.74) is 5.97. The summed E-state index contributed by atoms with van der Waals surface area (Å²) in [6.07, 6.45) is 2.05. The zero-order valence-electron chi connectivity index (χ0n) is 17.8. The van der Waals surface area contributed by atoms with Crippen molar-refractivity contribution >= 4 is 15.9 Å². The Kier molecular flexibility index (Phi) is 6.72. The number of alkyl halides is 1. The molecule has 0 amide bonds. The van der Waals surface area contributed by atoms with Gasteiger partial charge in [0.15, 0.2) is 0 Å². The molecule has 0 aromatic heterocycles. The number of benzene rings is 2. The summed E-state index contributed by atoms with van der Waals surface area (Å²) in [6, 6.07) is 10.4. The van der Waals surface area contributed by atoms with Gasteiger partial charge >= 0.3 is 0 Å². The van der Waals surface area contributed by atoms with Gasteiger partial charge in [-0.05, 0) is 69.8 Å². The maximum absolute atomic E-state index is 6.63. The van der Waals surface area contributed by atoms with Crippen molar-refractivity contribution in [2.45, 2.75) is 52.7 Å². The number of likely N-dealkylation sites (N-methyl/N-ethyl adjacent to an activating group) is 1. The lowest BCUT2D eigenvalue weighted by Crippen LogP contribution is -2.46. The Labute approximate surface area is 178 Å². The van der Waals surface area contributed by atoms with Crippen LogP contribution < -0.4 is 9.47 Å². The lowest BCUT2D eigenvalue weighted by atomic mass is 9.87. The van der Waals surface area contributed by atoms with Crippen LogP contribution in [0.4, 0.5) is 0 Å². The van der Waals surface area contributed by atoms with E-state index in [1.54, 1.807) is 0 Å². The first-order valence-electron chi connectivity index (χ1n) is 10.1. The monoisotopic (exact) mass is 445 g/mol. The molecular weight excluding hydrogens is 414 g/mol. The lowest BCUT2D eigenvalue weighted by Gasteiger charge is -2.40. The van der Waals surface area contributed by atoms with E-state index in [4.69, 9.17) is 9.47 Å². The van der Waals surface area contributed by atoms with Gasteiger partial charge in [0.05, 0.1) is 0 Å². The molecule has 1 aliphatic heterocycles. The average Bonchev–Trinajstić information content (AvgIpc) is 2.67. The highest BCUT2D eigenvalue weighted by Crippen LogP contribution is 2.44. The number of hydrogen-bond acceptors (Lipinski definition) is 3. The van der Waals surface area contributed by atoms with E-state index >= 15 is 0 Å². The summed E-state index contributed by atoms with van der Waals surface area (Å²) in [5, 5.41) is 0.982. The van der Waals surface area contributed by atoms with Crippen molar-refractivity contribution in [3.05, 3.63) is 58.1 Å². The summed E-state index contributed by atoms with van der Waals surface area (Å²) in [6.45, 7) is 11.3. The Morgan fingerprint density at radius 2 is 1.82 bits per heavy atom. The van der Waals surface area contributed by atoms with Crippen molar-refractivity contribution < 1.29 is 9.47 Å². The largest absolute Gasteiger partial charge is 0.488 e. The number of ether oxygens (including phenoxy) is 2. The van der Waals surface area contributed by atoms with E-state index < -0.39 is 0 Å². The molecule has 0 saturated heterocycles. The third-order valence-corrected chi connectivity index (χ3v) is 6.21. The number of halogens is 1. The number of hydrogen-bond donors (Lipinski definition) is 0. The second kappa shape index (κ2) is 8.87. The summed E-state index contributed by atoms with van der Waals surface area (Å²) >= 11 is 3.53. The van der Waals surface area contributed by atoms with Crippen LogP contribution >= 0.6 is 15.9 Å². The highest BCUT2D eigenvalue weighted by Gasteiger charge is 2.35. The van der Waals surface area contributed by atoms with Gasteiger partial charge in [-0.25, -0.2) is 0 Å². The predicted octanol–water partition coefficient (Wildman–Crippen LogP) is 5.60. The normalized spacial score (nSPS) is 18.7. The van der Waals surface area contributed by atoms with Crippen molar-refractivity contribution in [3.8, 4) is 11.5 Å². The van der Waals surface area contributed by atoms with Crippen LogP contribution in [0.5, 0.6) is 11.5 Å². The third kappa shape index (κ3) is 4.55. The highest BCUT2D eigenvalue weighted by molar-refractivity contribution is 9.09. The van der Waals surface area contributed by atoms with Gasteiger partial charge in [0.25, 0.3) is 0 Å². The first-order chi connectivity index (χ1) is 13.3. The van der Waals surface area contributed by atoms with E-state index in [1.165, 1.54) is 27.8 Å². The molecule has 2 aromatic carbocycles. The van der Waals surface area contributed by atoms with Crippen LogP contribution in [0, 0.1) is 20.8 Å². The molecule has 0 aliphatic carbocycles. The lowest BCUT2D eigenvalue weighted by molar-refractivity contribution is 0.0332. The summed E-state index contributed by atoms with van der Waals surface area (Å²) in [4.78, 5) is 2.34. The van der Waals surface area contributed by atoms with E-state index in [1.807, 2.05) is 6.07 Å². The maximum Gasteiger partial charge on any atom is 0.127 e. The van der Waals surface area contributed by atoms with Gasteiger partial charge in [-0.1, -0.05) is 46.3 Å². The molecule has 28 heavy (non-hydrogen) atoms. The van der Waals surface area contributed by atoms with Crippen LogP contribution in [0.2, 0.25) is 0 Å². The fraction of sp³-hybridized carbons (Fsp3) is 0.500. The summed E-state index contributed by atoms with van der Waals surface area (Å²) < 4.78 is 12.9. The molecular formula is C24H32BrNO2. The minimum absolute atomic E-state index is 0.153. The molecule has 0 saturated carbocycles. The van der Waals surface area contributed by atoms with Crippen molar-refractivity contribution in [1.82, 2.24) is 4.90 Å². The van der Waals surface area contributed by atoms with Gasteiger partial charge in [0.2, 0.25) is 0 Å². The maximum atomic E-state index is 6.63. The molecule has 0 bridgehead atoms. The second-order valence-corrected chi connectivity index (χ2v) is 9.06. The zero-order valence-corrected chi connectivity index (χ0v) is 19.4. The van der Waals surface area contributed by atoms with E-state index in [-0.39, 0.29) is 5.60 Å². The van der Waals surface area contributed by atoms with Crippen LogP contribution in [-0.2, 0) is 13.0 Å². The van der Waals surface area contributed by atoms with E-state index in [9.17, 15) is 0 Å². The van der Waals surface area contributed by atoms with Crippen LogP contribution in [0.3, 0.4) is 0 Å². The Morgan fingerprint density at radius 1 is 1.11 bits per heavy atom. The first kappa shape index (κ1) is 21.2. The SMILES string of the molecule is Cc1c(C)c2c(c(C)c1OCc1ccccc1)CCC(C)(CN(C)CCBr)O2.